The zero-order valence-electron chi connectivity index (χ0n) is 17.1. The average Bonchev–Trinajstić information content (AvgIpc) is 3.03. The highest BCUT2D eigenvalue weighted by Crippen LogP contribution is 2.30. The summed E-state index contributed by atoms with van der Waals surface area (Å²) < 4.78 is 7.88. The first-order valence-electron chi connectivity index (χ1n) is 9.73. The summed E-state index contributed by atoms with van der Waals surface area (Å²) in [7, 11) is 0. The summed E-state index contributed by atoms with van der Waals surface area (Å²) >= 11 is 2.04. The first-order valence-corrected chi connectivity index (χ1v) is 10.8. The van der Waals surface area contributed by atoms with Crippen molar-refractivity contribution in [1.82, 2.24) is 19.7 Å². The molecule has 0 aliphatic carbocycles. The molecule has 0 spiro atoms. The van der Waals surface area contributed by atoms with E-state index in [4.69, 9.17) is 10.5 Å². The molecule has 3 heterocycles. The van der Waals surface area contributed by atoms with Gasteiger partial charge in [0.25, 0.3) is 11.8 Å². The van der Waals surface area contributed by atoms with Crippen molar-refractivity contribution >= 4 is 46.2 Å². The third kappa shape index (κ3) is 4.73. The Labute approximate surface area is 192 Å². The van der Waals surface area contributed by atoms with Crippen LogP contribution in [-0.2, 0) is 6.42 Å². The molecule has 1 fully saturated rings. The predicted molar refractivity (Wildman–Crippen MR) is 117 cm³/mol. The molecule has 0 bridgehead atoms. The zero-order valence-corrected chi connectivity index (χ0v) is 19.2. The molecule has 2 aromatic rings. The fourth-order valence-corrected chi connectivity index (χ4v) is 3.71. The molecule has 166 valence electrons. The Morgan fingerprint density at radius 2 is 2.06 bits per heavy atom. The maximum atomic E-state index is 13.1. The van der Waals surface area contributed by atoms with Crippen LogP contribution in [0.5, 0.6) is 5.88 Å². The molecule has 2 aromatic heterocycles. The van der Waals surface area contributed by atoms with Gasteiger partial charge in [-0.3, -0.25) is 14.3 Å². The van der Waals surface area contributed by atoms with Crippen LogP contribution in [0.3, 0.4) is 0 Å². The number of hydrogen-bond donors (Lipinski definition) is 2. The van der Waals surface area contributed by atoms with Gasteiger partial charge in [0.15, 0.2) is 5.69 Å². The summed E-state index contributed by atoms with van der Waals surface area (Å²) in [6, 6.07) is 1.36. The number of carbonyl (C=O) groups is 3. The third-order valence-electron chi connectivity index (χ3n) is 4.79. The van der Waals surface area contributed by atoms with Gasteiger partial charge < -0.3 is 30.6 Å². The van der Waals surface area contributed by atoms with E-state index < -0.39 is 17.9 Å². The van der Waals surface area contributed by atoms with Gasteiger partial charge in [0.05, 0.1) is 24.0 Å². The van der Waals surface area contributed by atoms with Crippen LogP contribution < -0.4 is 20.9 Å². The number of hydrogen-bond acceptors (Lipinski definition) is 7. The van der Waals surface area contributed by atoms with E-state index in [0.29, 0.717) is 18.7 Å². The van der Waals surface area contributed by atoms with E-state index in [1.54, 1.807) is 16.9 Å². The van der Waals surface area contributed by atoms with Gasteiger partial charge in [-0.25, -0.2) is 4.98 Å². The SMILES string of the molecule is CCCOc1ncc(I)cc1C(=O)Nc1c(C(N)=O)nn(C2CN(C(=O)[O-])C2)c1CC. The lowest BCUT2D eigenvalue weighted by atomic mass is 10.1. The minimum Gasteiger partial charge on any atom is -0.530 e. The van der Waals surface area contributed by atoms with E-state index in [1.807, 2.05) is 36.4 Å². The number of likely N-dealkylation sites (tertiary alicyclic amines) is 1. The number of halogens is 1. The molecule has 1 aliphatic heterocycles. The van der Waals surface area contributed by atoms with Crippen LogP contribution in [-0.4, -0.2) is 57.3 Å². The van der Waals surface area contributed by atoms with E-state index in [1.165, 1.54) is 0 Å². The number of primary amides is 1. The Hall–Kier alpha value is -2.90. The Morgan fingerprint density at radius 3 is 2.65 bits per heavy atom. The quantitative estimate of drug-likeness (QED) is 0.468. The summed E-state index contributed by atoms with van der Waals surface area (Å²) in [6.07, 6.45) is 1.50. The van der Waals surface area contributed by atoms with Crippen LogP contribution in [0, 0.1) is 3.57 Å². The summed E-state index contributed by atoms with van der Waals surface area (Å²) in [5.74, 6) is -1.13. The van der Waals surface area contributed by atoms with Gasteiger partial charge in [0.2, 0.25) is 5.88 Å². The molecule has 1 saturated heterocycles. The molecule has 0 radical (unpaired) electrons. The molecule has 31 heavy (non-hydrogen) atoms. The molecule has 0 atom stereocenters. The highest BCUT2D eigenvalue weighted by Gasteiger charge is 2.33. The van der Waals surface area contributed by atoms with E-state index in [2.05, 4.69) is 15.4 Å². The molecule has 1 aliphatic rings. The summed E-state index contributed by atoms with van der Waals surface area (Å²) in [6.45, 7) is 4.54. The number of aromatic nitrogens is 3. The van der Waals surface area contributed by atoms with E-state index >= 15 is 0 Å². The van der Waals surface area contributed by atoms with Crippen LogP contribution in [0.2, 0.25) is 0 Å². The maximum absolute atomic E-state index is 13.1. The topological polar surface area (TPSA) is 156 Å². The van der Waals surface area contributed by atoms with Crippen LogP contribution in [0.1, 0.15) is 52.9 Å². The van der Waals surface area contributed by atoms with Crippen molar-refractivity contribution in [3.05, 3.63) is 32.8 Å². The number of nitrogens with two attached hydrogens (primary N) is 1. The second-order valence-electron chi connectivity index (χ2n) is 6.97. The van der Waals surface area contributed by atoms with E-state index in [0.717, 1.165) is 14.9 Å². The Morgan fingerprint density at radius 1 is 1.35 bits per heavy atom. The number of carboxylic acid groups (broad SMARTS) is 1. The zero-order chi connectivity index (χ0) is 22.7. The Kier molecular flexibility index (Phi) is 6.97. The van der Waals surface area contributed by atoms with Gasteiger partial charge in [-0.05, 0) is 41.5 Å². The number of nitrogens with zero attached hydrogens (tertiary/aromatic N) is 4. The van der Waals surface area contributed by atoms with Crippen LogP contribution in [0.25, 0.3) is 0 Å². The number of nitrogens with one attached hydrogen (secondary N) is 1. The fraction of sp³-hybridized carbons (Fsp3) is 0.421. The van der Waals surface area contributed by atoms with Gasteiger partial charge in [-0.2, -0.15) is 5.10 Å². The predicted octanol–water partition coefficient (Wildman–Crippen LogP) is 0.785. The number of anilines is 1. The minimum atomic E-state index is -1.27. The van der Waals surface area contributed by atoms with Crippen LogP contribution >= 0.6 is 22.6 Å². The lowest BCUT2D eigenvalue weighted by Gasteiger charge is -2.41. The lowest BCUT2D eigenvalue weighted by Crippen LogP contribution is -2.55. The summed E-state index contributed by atoms with van der Waals surface area (Å²) in [5, 5.41) is 18.0. The maximum Gasteiger partial charge on any atom is 0.271 e. The average molecular weight is 541 g/mol. The molecule has 0 unspecified atom stereocenters. The first kappa shape index (κ1) is 22.8. The largest absolute Gasteiger partial charge is 0.530 e. The van der Waals surface area contributed by atoms with Gasteiger partial charge in [-0.1, -0.05) is 13.8 Å². The molecular formula is C19H22IN6O5-. The Balaban J connectivity index is 1.94. The van der Waals surface area contributed by atoms with Crippen molar-refractivity contribution in [2.24, 2.45) is 5.73 Å². The van der Waals surface area contributed by atoms with Crippen molar-refractivity contribution in [3.63, 3.8) is 0 Å². The van der Waals surface area contributed by atoms with E-state index in [9.17, 15) is 19.5 Å². The molecule has 3 amide bonds. The third-order valence-corrected chi connectivity index (χ3v) is 5.38. The summed E-state index contributed by atoms with van der Waals surface area (Å²) in [4.78, 5) is 41.4. The number of pyridine rings is 1. The van der Waals surface area contributed by atoms with E-state index in [-0.39, 0.29) is 42.0 Å². The molecule has 0 saturated carbocycles. The minimum absolute atomic E-state index is 0.0910. The molecule has 12 heteroatoms. The van der Waals surface area contributed by atoms with Crippen LogP contribution in [0.4, 0.5) is 10.5 Å². The number of rotatable bonds is 8. The standard InChI is InChI=1S/C19H23IN6O5/c1-3-5-31-18-12(6-10(20)7-22-18)17(28)23-14-13(4-2)26(24-15(14)16(21)27)11-8-25(9-11)19(29)30/h6-7,11H,3-5,8-9H2,1-2H3,(H2,21,27)(H,23,28)(H,29,30)/p-1. The molecule has 3 N–H and O–H groups in total. The number of ether oxygens (including phenoxy) is 1. The second kappa shape index (κ2) is 9.49. The highest BCUT2D eigenvalue weighted by molar-refractivity contribution is 14.1. The van der Waals surface area contributed by atoms with Crippen molar-refractivity contribution in [2.45, 2.75) is 32.7 Å². The van der Waals surface area contributed by atoms with Gasteiger partial charge in [0, 0.05) is 22.9 Å². The molecular weight excluding hydrogens is 519 g/mol. The molecule has 3 rings (SSSR count). The lowest BCUT2D eigenvalue weighted by molar-refractivity contribution is -0.271. The molecule has 0 aromatic carbocycles. The van der Waals surface area contributed by atoms with Crippen LogP contribution in [0.15, 0.2) is 12.3 Å². The highest BCUT2D eigenvalue weighted by atomic mass is 127. The summed E-state index contributed by atoms with van der Waals surface area (Å²) in [5.41, 5.74) is 6.40. The number of carbonyl (C=O) groups excluding carboxylic acids is 3. The van der Waals surface area contributed by atoms with Crippen molar-refractivity contribution in [3.8, 4) is 5.88 Å². The fourth-order valence-electron chi connectivity index (χ4n) is 3.26. The smallest absolute Gasteiger partial charge is 0.271 e. The monoisotopic (exact) mass is 541 g/mol. The van der Waals surface area contributed by atoms with Gasteiger partial charge in [0.1, 0.15) is 11.7 Å². The van der Waals surface area contributed by atoms with Crippen molar-refractivity contribution in [1.29, 1.82) is 0 Å². The normalized spacial score (nSPS) is 13.6. The van der Waals surface area contributed by atoms with Gasteiger partial charge >= 0.3 is 0 Å². The van der Waals surface area contributed by atoms with Crippen molar-refractivity contribution in [2.75, 3.05) is 25.0 Å². The second-order valence-corrected chi connectivity index (χ2v) is 8.21. The molecule has 11 nitrogen and oxygen atoms in total. The van der Waals surface area contributed by atoms with Gasteiger partial charge in [-0.15, -0.1) is 0 Å². The van der Waals surface area contributed by atoms with Crippen molar-refractivity contribution < 1.29 is 24.2 Å². The number of amides is 3. The first-order chi connectivity index (χ1) is 14.8. The Bertz CT molecular complexity index is 1020.